The van der Waals surface area contributed by atoms with Crippen molar-refractivity contribution >= 4 is 34.2 Å². The normalized spacial score (nSPS) is 24.1. The first-order valence-corrected chi connectivity index (χ1v) is 9.80. The third-order valence-corrected chi connectivity index (χ3v) is 6.61. The Balaban J connectivity index is 1.80. The number of pyridine rings is 1. The molecule has 0 amide bonds. The topological polar surface area (TPSA) is 89.6 Å². The monoisotopic (exact) mass is 398 g/mol. The van der Waals surface area contributed by atoms with Gasteiger partial charge in [-0.1, -0.05) is 11.6 Å². The van der Waals surface area contributed by atoms with Gasteiger partial charge in [0.05, 0.1) is 16.2 Å². The van der Waals surface area contributed by atoms with Gasteiger partial charge in [-0.15, -0.1) is 0 Å². The van der Waals surface area contributed by atoms with E-state index >= 15 is 0 Å². The van der Waals surface area contributed by atoms with Crippen LogP contribution in [0.4, 0.5) is 5.69 Å². The number of carboxylic acids is 1. The maximum absolute atomic E-state index is 12.8. The molecule has 28 heavy (non-hydrogen) atoms. The zero-order chi connectivity index (χ0) is 19.7. The van der Waals surface area contributed by atoms with Crippen molar-refractivity contribution in [3.05, 3.63) is 38.6 Å². The predicted octanol–water partition coefficient (Wildman–Crippen LogP) is 2.45. The van der Waals surface area contributed by atoms with E-state index in [9.17, 15) is 20.0 Å². The molecule has 2 bridgehead atoms. The van der Waals surface area contributed by atoms with Gasteiger partial charge in [-0.25, -0.2) is 4.79 Å². The van der Waals surface area contributed by atoms with E-state index < -0.39 is 11.4 Å². The Morgan fingerprint density at radius 1 is 1.29 bits per heavy atom. The minimum atomic E-state index is -1.26. The van der Waals surface area contributed by atoms with Gasteiger partial charge < -0.3 is 14.6 Å². The SMILES string of the molecule is CN1CC2CC1CN2c1c(Cl)cc2c(=O)c(C(=O)O)cn(C3CC3)c2c1C#N. The fourth-order valence-electron chi connectivity index (χ4n) is 4.80. The highest BCUT2D eigenvalue weighted by atomic mass is 35.5. The fourth-order valence-corrected chi connectivity index (χ4v) is 5.11. The van der Waals surface area contributed by atoms with Gasteiger partial charge >= 0.3 is 5.97 Å². The van der Waals surface area contributed by atoms with Crippen molar-refractivity contribution in [2.24, 2.45) is 0 Å². The summed E-state index contributed by atoms with van der Waals surface area (Å²) in [4.78, 5) is 28.9. The summed E-state index contributed by atoms with van der Waals surface area (Å²) in [6.07, 6.45) is 4.23. The van der Waals surface area contributed by atoms with E-state index in [1.807, 2.05) is 0 Å². The van der Waals surface area contributed by atoms with Crippen LogP contribution in [0.15, 0.2) is 17.1 Å². The number of rotatable bonds is 3. The number of carboxylic acid groups (broad SMARTS) is 1. The van der Waals surface area contributed by atoms with E-state index in [1.54, 1.807) is 10.6 Å². The molecule has 2 atom stereocenters. The number of benzene rings is 1. The van der Waals surface area contributed by atoms with E-state index in [0.29, 0.717) is 27.8 Å². The standard InChI is InChI=1S/C20H19ClN4O3/c1-23-7-12-4-11(23)8-24(12)18-14(6-22)17-13(5-16(18)21)19(26)15(20(27)28)9-25(17)10-2-3-10/h5,9-12H,2-4,7-8H2,1H3,(H,27,28). The number of carbonyl (C=O) groups is 1. The van der Waals surface area contributed by atoms with Crippen molar-refractivity contribution in [3.8, 4) is 6.07 Å². The molecule has 8 heteroatoms. The van der Waals surface area contributed by atoms with Crippen molar-refractivity contribution in [2.75, 3.05) is 25.0 Å². The molecule has 2 saturated heterocycles. The van der Waals surface area contributed by atoms with Gasteiger partial charge in [0.15, 0.2) is 0 Å². The largest absolute Gasteiger partial charge is 0.477 e. The first-order valence-electron chi connectivity index (χ1n) is 9.42. The lowest BCUT2D eigenvalue weighted by Crippen LogP contribution is -2.45. The summed E-state index contributed by atoms with van der Waals surface area (Å²) in [5, 5.41) is 20.0. The number of halogens is 1. The average molecular weight is 399 g/mol. The molecular weight excluding hydrogens is 380 g/mol. The van der Waals surface area contributed by atoms with Crippen molar-refractivity contribution in [2.45, 2.75) is 37.4 Å². The number of piperazine rings is 1. The second-order valence-electron chi connectivity index (χ2n) is 8.04. The molecule has 2 aliphatic heterocycles. The molecule has 1 aromatic carbocycles. The zero-order valence-electron chi connectivity index (χ0n) is 15.4. The molecule has 5 rings (SSSR count). The number of hydrogen-bond acceptors (Lipinski definition) is 5. The molecule has 2 unspecified atom stereocenters. The van der Waals surface area contributed by atoms with Crippen LogP contribution in [-0.2, 0) is 0 Å². The Hall–Kier alpha value is -2.56. The van der Waals surface area contributed by atoms with Crippen molar-refractivity contribution in [1.29, 1.82) is 5.26 Å². The van der Waals surface area contributed by atoms with Crippen LogP contribution in [0, 0.1) is 11.3 Å². The number of hydrogen-bond donors (Lipinski definition) is 1. The third-order valence-electron chi connectivity index (χ3n) is 6.33. The van der Waals surface area contributed by atoms with E-state index in [4.69, 9.17) is 11.6 Å². The first kappa shape index (κ1) is 17.5. The van der Waals surface area contributed by atoms with Gasteiger partial charge in [0.2, 0.25) is 5.43 Å². The highest BCUT2D eigenvalue weighted by Gasteiger charge is 2.43. The smallest absolute Gasteiger partial charge is 0.341 e. The van der Waals surface area contributed by atoms with Crippen LogP contribution in [0.1, 0.15) is 41.2 Å². The van der Waals surface area contributed by atoms with E-state index in [-0.39, 0.29) is 23.0 Å². The van der Waals surface area contributed by atoms with Gasteiger partial charge in [-0.05, 0) is 32.4 Å². The Morgan fingerprint density at radius 2 is 2.04 bits per heavy atom. The Labute approximate surface area is 166 Å². The quantitative estimate of drug-likeness (QED) is 0.854. The summed E-state index contributed by atoms with van der Waals surface area (Å²) in [7, 11) is 2.10. The van der Waals surface area contributed by atoms with Gasteiger partial charge in [0, 0.05) is 42.8 Å². The number of nitrogens with zero attached hydrogens (tertiary/aromatic N) is 4. The zero-order valence-corrected chi connectivity index (χ0v) is 16.1. The molecule has 3 heterocycles. The van der Waals surface area contributed by atoms with Crippen LogP contribution >= 0.6 is 11.6 Å². The Bertz CT molecular complexity index is 1130. The lowest BCUT2D eigenvalue weighted by molar-refractivity contribution is 0.0695. The van der Waals surface area contributed by atoms with Crippen LogP contribution < -0.4 is 10.3 Å². The molecule has 1 aliphatic carbocycles. The van der Waals surface area contributed by atoms with Crippen molar-refractivity contribution in [3.63, 3.8) is 0 Å². The van der Waals surface area contributed by atoms with Crippen LogP contribution in [0.2, 0.25) is 5.02 Å². The number of likely N-dealkylation sites (N-methyl/N-ethyl adjacent to an activating group) is 1. The van der Waals surface area contributed by atoms with Gasteiger partial charge in [-0.2, -0.15) is 5.26 Å². The molecule has 0 radical (unpaired) electrons. The molecular formula is C20H19ClN4O3. The maximum atomic E-state index is 12.8. The van der Waals surface area contributed by atoms with Gasteiger partial charge in [0.1, 0.15) is 17.2 Å². The summed E-state index contributed by atoms with van der Waals surface area (Å²) >= 11 is 6.59. The minimum Gasteiger partial charge on any atom is -0.477 e. The van der Waals surface area contributed by atoms with Crippen LogP contribution in [0.5, 0.6) is 0 Å². The van der Waals surface area contributed by atoms with Crippen molar-refractivity contribution in [1.82, 2.24) is 9.47 Å². The lowest BCUT2D eigenvalue weighted by Gasteiger charge is -2.35. The predicted molar refractivity (Wildman–Crippen MR) is 105 cm³/mol. The van der Waals surface area contributed by atoms with E-state index in [1.165, 1.54) is 6.20 Å². The van der Waals surface area contributed by atoms with E-state index in [2.05, 4.69) is 22.9 Å². The number of likely N-dealkylation sites (tertiary alicyclic amines) is 1. The Morgan fingerprint density at radius 3 is 2.57 bits per heavy atom. The first-order chi connectivity index (χ1) is 13.4. The number of aromatic nitrogens is 1. The summed E-state index contributed by atoms with van der Waals surface area (Å²) in [5.74, 6) is -1.26. The van der Waals surface area contributed by atoms with E-state index in [0.717, 1.165) is 32.4 Å². The molecule has 3 aliphatic rings. The van der Waals surface area contributed by atoms with Gasteiger partial charge in [-0.3, -0.25) is 9.69 Å². The number of nitriles is 1. The third kappa shape index (κ3) is 2.38. The molecule has 1 saturated carbocycles. The van der Waals surface area contributed by atoms with Crippen LogP contribution in [0.25, 0.3) is 10.9 Å². The number of aromatic carboxylic acids is 1. The molecule has 144 valence electrons. The average Bonchev–Trinajstić information content (AvgIpc) is 3.33. The summed E-state index contributed by atoms with van der Waals surface area (Å²) in [6, 6.07) is 4.67. The lowest BCUT2D eigenvalue weighted by atomic mass is 10.0. The minimum absolute atomic E-state index is 0.114. The van der Waals surface area contributed by atoms with Crippen LogP contribution in [0.3, 0.4) is 0 Å². The molecule has 7 nitrogen and oxygen atoms in total. The molecule has 1 N–H and O–H groups in total. The number of anilines is 1. The van der Waals surface area contributed by atoms with Crippen molar-refractivity contribution < 1.29 is 9.90 Å². The van der Waals surface area contributed by atoms with Crippen LogP contribution in [-0.4, -0.2) is 52.8 Å². The highest BCUT2D eigenvalue weighted by molar-refractivity contribution is 6.34. The number of fused-ring (bicyclic) bond motifs is 3. The molecule has 1 aromatic heterocycles. The second kappa shape index (κ2) is 5.97. The Kier molecular flexibility index (Phi) is 3.74. The summed E-state index contributed by atoms with van der Waals surface area (Å²) < 4.78 is 1.80. The molecule has 2 aromatic rings. The summed E-state index contributed by atoms with van der Waals surface area (Å²) in [6.45, 7) is 1.71. The molecule has 0 spiro atoms. The fraction of sp³-hybridized carbons (Fsp3) is 0.450. The molecule has 3 fully saturated rings. The summed E-state index contributed by atoms with van der Waals surface area (Å²) in [5.41, 5.74) is 0.685. The van der Waals surface area contributed by atoms with Gasteiger partial charge in [0.25, 0.3) is 0 Å². The maximum Gasteiger partial charge on any atom is 0.341 e. The highest BCUT2D eigenvalue weighted by Crippen LogP contribution is 2.44. The second-order valence-corrected chi connectivity index (χ2v) is 8.45.